The van der Waals surface area contributed by atoms with Gasteiger partial charge in [-0.05, 0) is 25.0 Å². The van der Waals surface area contributed by atoms with Gasteiger partial charge in [0.25, 0.3) is 0 Å². The second-order valence-corrected chi connectivity index (χ2v) is 7.02. The third kappa shape index (κ3) is 4.69. The molecule has 1 saturated heterocycles. The predicted molar refractivity (Wildman–Crippen MR) is 110 cm³/mol. The average Bonchev–Trinajstić information content (AvgIpc) is 3.07. The Morgan fingerprint density at radius 2 is 2.04 bits per heavy atom. The van der Waals surface area contributed by atoms with Gasteiger partial charge in [0.05, 0.1) is 18.4 Å². The molecule has 0 spiro atoms. The molecule has 0 aliphatic carbocycles. The summed E-state index contributed by atoms with van der Waals surface area (Å²) in [5.74, 6) is 2.84. The van der Waals surface area contributed by atoms with Crippen molar-refractivity contribution in [3.05, 3.63) is 36.3 Å². The quantitative estimate of drug-likeness (QED) is 0.609. The summed E-state index contributed by atoms with van der Waals surface area (Å²) < 4.78 is 2.09. The lowest BCUT2D eigenvalue weighted by Gasteiger charge is -2.33. The van der Waals surface area contributed by atoms with E-state index < -0.39 is 0 Å². The van der Waals surface area contributed by atoms with E-state index in [1.807, 2.05) is 57.6 Å². The summed E-state index contributed by atoms with van der Waals surface area (Å²) in [5, 5.41) is 6.95. The van der Waals surface area contributed by atoms with Crippen molar-refractivity contribution in [3.8, 4) is 0 Å². The molecule has 27 heavy (non-hydrogen) atoms. The fourth-order valence-corrected chi connectivity index (χ4v) is 3.37. The number of aliphatic imine (C=N–C) groups is 1. The molecule has 1 aliphatic heterocycles. The van der Waals surface area contributed by atoms with Gasteiger partial charge >= 0.3 is 0 Å². The Balaban J connectivity index is 1.49. The van der Waals surface area contributed by atoms with Crippen LogP contribution in [0.4, 0.5) is 11.8 Å². The van der Waals surface area contributed by atoms with Gasteiger partial charge in [-0.2, -0.15) is 0 Å². The summed E-state index contributed by atoms with van der Waals surface area (Å²) in [6, 6.07) is 6.49. The number of aromatic nitrogens is 3. The van der Waals surface area contributed by atoms with Crippen LogP contribution in [0.1, 0.15) is 18.5 Å². The fraction of sp³-hybridized carbons (Fsp3) is 0.526. The minimum atomic E-state index is 0.417. The van der Waals surface area contributed by atoms with Gasteiger partial charge in [-0.15, -0.1) is 0 Å². The molecule has 0 unspecified atom stereocenters. The Kier molecular flexibility index (Phi) is 6.16. The molecule has 2 aromatic heterocycles. The number of guanidine groups is 1. The van der Waals surface area contributed by atoms with Crippen LogP contribution in [0.25, 0.3) is 0 Å². The van der Waals surface area contributed by atoms with Crippen molar-refractivity contribution in [3.63, 3.8) is 0 Å². The highest BCUT2D eigenvalue weighted by Crippen LogP contribution is 2.17. The van der Waals surface area contributed by atoms with Gasteiger partial charge in [0, 0.05) is 53.5 Å². The largest absolute Gasteiger partial charge is 0.356 e. The topological polar surface area (TPSA) is 73.6 Å². The SMILES string of the molecule is CN=C(NCc1cnc(N(C)C)n1C)NC1CCN(c2ccccn2)CC1. The Bertz CT molecular complexity index is 744. The number of hydrogen-bond donors (Lipinski definition) is 2. The number of nitrogens with one attached hydrogen (secondary N) is 2. The van der Waals surface area contributed by atoms with Crippen LogP contribution >= 0.6 is 0 Å². The Morgan fingerprint density at radius 1 is 1.26 bits per heavy atom. The summed E-state index contributed by atoms with van der Waals surface area (Å²) in [6.07, 6.45) is 5.88. The lowest BCUT2D eigenvalue weighted by Crippen LogP contribution is -2.48. The van der Waals surface area contributed by atoms with Crippen LogP contribution in [-0.4, -0.2) is 60.8 Å². The van der Waals surface area contributed by atoms with Gasteiger partial charge in [0.2, 0.25) is 5.95 Å². The van der Waals surface area contributed by atoms with Crippen molar-refractivity contribution in [2.75, 3.05) is 44.0 Å². The number of nitrogens with zero attached hydrogens (tertiary/aromatic N) is 6. The molecule has 1 fully saturated rings. The van der Waals surface area contributed by atoms with E-state index in [0.717, 1.165) is 49.4 Å². The zero-order valence-corrected chi connectivity index (χ0v) is 16.7. The molecular formula is C19H30N8. The lowest BCUT2D eigenvalue weighted by molar-refractivity contribution is 0.459. The number of hydrogen-bond acceptors (Lipinski definition) is 5. The van der Waals surface area contributed by atoms with Gasteiger partial charge < -0.3 is 25.0 Å². The van der Waals surface area contributed by atoms with E-state index in [1.54, 1.807) is 0 Å². The zero-order valence-electron chi connectivity index (χ0n) is 16.7. The van der Waals surface area contributed by atoms with Crippen LogP contribution in [-0.2, 0) is 13.6 Å². The van der Waals surface area contributed by atoms with E-state index in [1.165, 1.54) is 0 Å². The third-order valence-electron chi connectivity index (χ3n) is 4.93. The second kappa shape index (κ2) is 8.75. The molecule has 2 aromatic rings. The van der Waals surface area contributed by atoms with Gasteiger partial charge in [-0.3, -0.25) is 4.99 Å². The number of pyridine rings is 1. The maximum Gasteiger partial charge on any atom is 0.204 e. The summed E-state index contributed by atoms with van der Waals surface area (Å²) >= 11 is 0. The molecule has 0 amide bonds. The maximum atomic E-state index is 4.45. The Hall–Kier alpha value is -2.77. The standard InChI is InChI=1S/C19H30N8/c1-20-18(22-13-16-14-23-19(25(2)3)26(16)4)24-15-8-11-27(12-9-15)17-7-5-6-10-21-17/h5-7,10,14-15H,8-9,11-13H2,1-4H3,(H2,20,22,24). The highest BCUT2D eigenvalue weighted by atomic mass is 15.3. The summed E-state index contributed by atoms with van der Waals surface area (Å²) in [4.78, 5) is 17.6. The first-order chi connectivity index (χ1) is 13.1. The zero-order chi connectivity index (χ0) is 19.2. The van der Waals surface area contributed by atoms with Crippen molar-refractivity contribution >= 4 is 17.7 Å². The van der Waals surface area contributed by atoms with E-state index >= 15 is 0 Å². The Morgan fingerprint density at radius 3 is 2.63 bits per heavy atom. The maximum absolute atomic E-state index is 4.45. The van der Waals surface area contributed by atoms with E-state index in [2.05, 4.69) is 41.1 Å². The highest BCUT2D eigenvalue weighted by Gasteiger charge is 2.20. The minimum Gasteiger partial charge on any atom is -0.356 e. The van der Waals surface area contributed by atoms with Gasteiger partial charge in [-0.25, -0.2) is 9.97 Å². The monoisotopic (exact) mass is 370 g/mol. The van der Waals surface area contributed by atoms with E-state index in [0.29, 0.717) is 12.6 Å². The molecule has 3 rings (SSSR count). The van der Waals surface area contributed by atoms with Crippen LogP contribution in [0.15, 0.2) is 35.6 Å². The molecule has 0 atom stereocenters. The van der Waals surface area contributed by atoms with Crippen molar-refractivity contribution in [2.24, 2.45) is 12.0 Å². The fourth-order valence-electron chi connectivity index (χ4n) is 3.37. The van der Waals surface area contributed by atoms with Crippen LogP contribution in [0.2, 0.25) is 0 Å². The summed E-state index contributed by atoms with van der Waals surface area (Å²) in [7, 11) is 7.84. The minimum absolute atomic E-state index is 0.417. The van der Waals surface area contributed by atoms with Crippen molar-refractivity contribution in [2.45, 2.75) is 25.4 Å². The summed E-state index contributed by atoms with van der Waals surface area (Å²) in [5.41, 5.74) is 1.12. The molecule has 1 aliphatic rings. The van der Waals surface area contributed by atoms with Gasteiger partial charge in [0.1, 0.15) is 5.82 Å². The van der Waals surface area contributed by atoms with Crippen LogP contribution in [0.3, 0.4) is 0 Å². The van der Waals surface area contributed by atoms with Crippen molar-refractivity contribution < 1.29 is 0 Å². The number of imidazole rings is 1. The number of rotatable bonds is 5. The first-order valence-electron chi connectivity index (χ1n) is 9.39. The number of piperidine rings is 1. The molecule has 0 radical (unpaired) electrons. The lowest BCUT2D eigenvalue weighted by atomic mass is 10.1. The molecule has 8 heteroatoms. The van der Waals surface area contributed by atoms with Gasteiger partial charge in [0.15, 0.2) is 5.96 Å². The molecule has 146 valence electrons. The highest BCUT2D eigenvalue weighted by molar-refractivity contribution is 5.80. The van der Waals surface area contributed by atoms with Crippen LogP contribution in [0, 0.1) is 0 Å². The van der Waals surface area contributed by atoms with Gasteiger partial charge in [-0.1, -0.05) is 6.07 Å². The smallest absolute Gasteiger partial charge is 0.204 e. The van der Waals surface area contributed by atoms with Crippen molar-refractivity contribution in [1.29, 1.82) is 0 Å². The van der Waals surface area contributed by atoms with E-state index in [9.17, 15) is 0 Å². The molecule has 8 nitrogen and oxygen atoms in total. The summed E-state index contributed by atoms with van der Waals surface area (Å²) in [6.45, 7) is 2.68. The molecular weight excluding hydrogens is 340 g/mol. The van der Waals surface area contributed by atoms with Crippen LogP contribution < -0.4 is 20.4 Å². The van der Waals surface area contributed by atoms with E-state index in [4.69, 9.17) is 0 Å². The first kappa shape index (κ1) is 19.0. The third-order valence-corrected chi connectivity index (χ3v) is 4.93. The van der Waals surface area contributed by atoms with Crippen molar-refractivity contribution in [1.82, 2.24) is 25.2 Å². The van der Waals surface area contributed by atoms with E-state index in [-0.39, 0.29) is 0 Å². The molecule has 3 heterocycles. The Labute approximate surface area is 161 Å². The molecule has 2 N–H and O–H groups in total. The predicted octanol–water partition coefficient (Wildman–Crippen LogP) is 1.22. The normalized spacial score (nSPS) is 15.7. The average molecular weight is 371 g/mol. The molecule has 0 bridgehead atoms. The van der Waals surface area contributed by atoms with Crippen LogP contribution in [0.5, 0.6) is 0 Å². The molecule has 0 aromatic carbocycles. The molecule has 0 saturated carbocycles. The number of anilines is 2. The second-order valence-electron chi connectivity index (χ2n) is 7.02. The first-order valence-corrected chi connectivity index (χ1v) is 9.39.